The van der Waals surface area contributed by atoms with E-state index >= 15 is 0 Å². The minimum absolute atomic E-state index is 0.00919. The predicted octanol–water partition coefficient (Wildman–Crippen LogP) is 2.36. The summed E-state index contributed by atoms with van der Waals surface area (Å²) < 4.78 is 5.51. The van der Waals surface area contributed by atoms with E-state index in [1.165, 1.54) is 0 Å². The normalized spacial score (nSPS) is 21.0. The molecule has 2 rings (SSSR count). The minimum atomic E-state index is -0.872. The standard InChI is InChI=1S/C17H25NO3/c1-3-17(2,20)13-18(12-14-8-5-4-6-9-14)16(19)15-10-7-11-21-15/h4-6,8-9,15,20H,3,7,10-13H2,1-2H3/t15-,17+/m0/s1. The van der Waals surface area contributed by atoms with Gasteiger partial charge in [-0.3, -0.25) is 4.79 Å². The van der Waals surface area contributed by atoms with Gasteiger partial charge in [-0.05, 0) is 31.7 Å². The van der Waals surface area contributed by atoms with Crippen molar-refractivity contribution in [2.75, 3.05) is 13.2 Å². The maximum Gasteiger partial charge on any atom is 0.252 e. The SMILES string of the molecule is CC[C@@](C)(O)CN(Cc1ccccc1)C(=O)[C@@H]1CCCO1. The van der Waals surface area contributed by atoms with Gasteiger partial charge in [0.2, 0.25) is 0 Å². The van der Waals surface area contributed by atoms with Crippen LogP contribution in [0.25, 0.3) is 0 Å². The van der Waals surface area contributed by atoms with Crippen molar-refractivity contribution in [3.05, 3.63) is 35.9 Å². The molecule has 1 aromatic rings. The van der Waals surface area contributed by atoms with Crippen LogP contribution in [0.3, 0.4) is 0 Å². The summed E-state index contributed by atoms with van der Waals surface area (Å²) in [6.07, 6.45) is 1.97. The first-order chi connectivity index (χ1) is 10.0. The highest BCUT2D eigenvalue weighted by molar-refractivity contribution is 5.81. The number of carbonyl (C=O) groups is 1. The second-order valence-corrected chi connectivity index (χ2v) is 6.03. The Morgan fingerprint density at radius 2 is 2.14 bits per heavy atom. The molecule has 0 bridgehead atoms. The molecule has 2 atom stereocenters. The molecule has 1 fully saturated rings. The van der Waals surface area contributed by atoms with Crippen molar-refractivity contribution < 1.29 is 14.6 Å². The summed E-state index contributed by atoms with van der Waals surface area (Å²) in [5.74, 6) is -0.00919. The van der Waals surface area contributed by atoms with Crippen molar-refractivity contribution in [2.45, 2.75) is 51.4 Å². The average molecular weight is 291 g/mol. The second kappa shape index (κ2) is 7.05. The maximum absolute atomic E-state index is 12.6. The third kappa shape index (κ3) is 4.55. The van der Waals surface area contributed by atoms with E-state index in [1.54, 1.807) is 11.8 Å². The molecule has 1 amide bonds. The zero-order valence-electron chi connectivity index (χ0n) is 12.9. The first-order valence-corrected chi connectivity index (χ1v) is 7.68. The molecule has 1 heterocycles. The molecule has 116 valence electrons. The van der Waals surface area contributed by atoms with Crippen LogP contribution in [0, 0.1) is 0 Å². The van der Waals surface area contributed by atoms with Crippen LogP contribution >= 0.6 is 0 Å². The topological polar surface area (TPSA) is 49.8 Å². The third-order valence-corrected chi connectivity index (χ3v) is 4.03. The van der Waals surface area contributed by atoms with E-state index in [0.29, 0.717) is 26.1 Å². The molecule has 4 nitrogen and oxygen atoms in total. The van der Waals surface area contributed by atoms with Crippen LogP contribution in [0.2, 0.25) is 0 Å². The van der Waals surface area contributed by atoms with E-state index in [-0.39, 0.29) is 12.0 Å². The van der Waals surface area contributed by atoms with Crippen LogP contribution < -0.4 is 0 Å². The molecule has 1 N–H and O–H groups in total. The predicted molar refractivity (Wildman–Crippen MR) is 81.7 cm³/mol. The van der Waals surface area contributed by atoms with E-state index in [9.17, 15) is 9.90 Å². The van der Waals surface area contributed by atoms with E-state index in [4.69, 9.17) is 4.74 Å². The second-order valence-electron chi connectivity index (χ2n) is 6.03. The molecule has 0 unspecified atom stereocenters. The summed E-state index contributed by atoms with van der Waals surface area (Å²) >= 11 is 0. The summed E-state index contributed by atoms with van der Waals surface area (Å²) in [6.45, 7) is 5.19. The van der Waals surface area contributed by atoms with E-state index < -0.39 is 5.60 Å². The van der Waals surface area contributed by atoms with E-state index in [0.717, 1.165) is 18.4 Å². The number of amides is 1. The number of carbonyl (C=O) groups excluding carboxylic acids is 1. The van der Waals surface area contributed by atoms with Gasteiger partial charge in [0.05, 0.1) is 5.60 Å². The van der Waals surface area contributed by atoms with Crippen molar-refractivity contribution in [3.8, 4) is 0 Å². The molecule has 1 aliphatic heterocycles. The fourth-order valence-corrected chi connectivity index (χ4v) is 2.51. The van der Waals surface area contributed by atoms with Gasteiger partial charge in [0.1, 0.15) is 6.10 Å². The first kappa shape index (κ1) is 16.0. The summed E-state index contributed by atoms with van der Waals surface area (Å²) in [5.41, 5.74) is 0.194. The molecule has 21 heavy (non-hydrogen) atoms. The lowest BCUT2D eigenvalue weighted by Gasteiger charge is -2.32. The van der Waals surface area contributed by atoms with Gasteiger partial charge in [-0.2, -0.15) is 0 Å². The highest BCUT2D eigenvalue weighted by Gasteiger charge is 2.32. The van der Waals surface area contributed by atoms with Gasteiger partial charge in [-0.25, -0.2) is 0 Å². The van der Waals surface area contributed by atoms with Crippen LogP contribution in [-0.4, -0.2) is 40.8 Å². The van der Waals surface area contributed by atoms with Crippen molar-refractivity contribution in [1.82, 2.24) is 4.90 Å². The molecular weight excluding hydrogens is 266 g/mol. The molecule has 4 heteroatoms. The van der Waals surface area contributed by atoms with Crippen LogP contribution in [0.4, 0.5) is 0 Å². The van der Waals surface area contributed by atoms with Gasteiger partial charge in [-0.15, -0.1) is 0 Å². The Morgan fingerprint density at radius 3 is 2.71 bits per heavy atom. The molecule has 1 aromatic carbocycles. The Balaban J connectivity index is 2.11. The van der Waals surface area contributed by atoms with Crippen LogP contribution in [-0.2, 0) is 16.1 Å². The van der Waals surface area contributed by atoms with Gasteiger partial charge in [0, 0.05) is 19.7 Å². The highest BCUT2D eigenvalue weighted by atomic mass is 16.5. The lowest BCUT2D eigenvalue weighted by atomic mass is 10.0. The molecule has 0 aliphatic carbocycles. The molecule has 1 saturated heterocycles. The third-order valence-electron chi connectivity index (χ3n) is 4.03. The molecule has 0 radical (unpaired) electrons. The van der Waals surface area contributed by atoms with Crippen LogP contribution in [0.15, 0.2) is 30.3 Å². The Bertz CT molecular complexity index is 452. The van der Waals surface area contributed by atoms with Crippen LogP contribution in [0.5, 0.6) is 0 Å². The molecule has 1 aliphatic rings. The number of hydrogen-bond acceptors (Lipinski definition) is 3. The summed E-state index contributed by atoms with van der Waals surface area (Å²) in [4.78, 5) is 14.4. The minimum Gasteiger partial charge on any atom is -0.388 e. The van der Waals surface area contributed by atoms with E-state index in [1.807, 2.05) is 37.3 Å². The number of benzene rings is 1. The van der Waals surface area contributed by atoms with Gasteiger partial charge in [0.15, 0.2) is 0 Å². The fraction of sp³-hybridized carbons (Fsp3) is 0.588. The summed E-state index contributed by atoms with van der Waals surface area (Å²) in [6, 6.07) is 9.87. The Labute approximate surface area is 126 Å². The zero-order valence-corrected chi connectivity index (χ0v) is 12.9. The Hall–Kier alpha value is -1.39. The Morgan fingerprint density at radius 1 is 1.43 bits per heavy atom. The maximum atomic E-state index is 12.6. The van der Waals surface area contributed by atoms with Gasteiger partial charge in [0.25, 0.3) is 5.91 Å². The summed E-state index contributed by atoms with van der Waals surface area (Å²) in [7, 11) is 0. The largest absolute Gasteiger partial charge is 0.388 e. The van der Waals surface area contributed by atoms with Crippen molar-refractivity contribution in [1.29, 1.82) is 0 Å². The monoisotopic (exact) mass is 291 g/mol. The fourth-order valence-electron chi connectivity index (χ4n) is 2.51. The first-order valence-electron chi connectivity index (χ1n) is 7.68. The molecule has 0 spiro atoms. The van der Waals surface area contributed by atoms with Crippen molar-refractivity contribution in [3.63, 3.8) is 0 Å². The number of hydrogen-bond donors (Lipinski definition) is 1. The average Bonchev–Trinajstić information content (AvgIpc) is 3.01. The van der Waals surface area contributed by atoms with Gasteiger partial charge >= 0.3 is 0 Å². The number of ether oxygens (including phenoxy) is 1. The summed E-state index contributed by atoms with van der Waals surface area (Å²) in [5, 5.41) is 10.3. The van der Waals surface area contributed by atoms with Crippen LogP contribution in [0.1, 0.15) is 38.7 Å². The highest BCUT2D eigenvalue weighted by Crippen LogP contribution is 2.19. The lowest BCUT2D eigenvalue weighted by Crippen LogP contribution is -2.46. The molecule has 0 aromatic heterocycles. The van der Waals surface area contributed by atoms with Crippen molar-refractivity contribution in [2.24, 2.45) is 0 Å². The van der Waals surface area contributed by atoms with Gasteiger partial charge in [-0.1, -0.05) is 37.3 Å². The number of aliphatic hydroxyl groups is 1. The number of rotatable bonds is 6. The van der Waals surface area contributed by atoms with Crippen molar-refractivity contribution >= 4 is 5.91 Å². The molecule has 0 saturated carbocycles. The zero-order chi connectivity index (χ0) is 15.3. The van der Waals surface area contributed by atoms with Gasteiger partial charge < -0.3 is 14.7 Å². The quantitative estimate of drug-likeness (QED) is 0.875. The smallest absolute Gasteiger partial charge is 0.252 e. The Kier molecular flexibility index (Phi) is 5.37. The lowest BCUT2D eigenvalue weighted by molar-refractivity contribution is -0.145. The van der Waals surface area contributed by atoms with E-state index in [2.05, 4.69) is 0 Å². The number of nitrogens with zero attached hydrogens (tertiary/aromatic N) is 1. The molecular formula is C17H25NO3.